The maximum absolute atomic E-state index is 8.85. The van der Waals surface area contributed by atoms with Crippen molar-refractivity contribution < 1.29 is 4.74 Å². The van der Waals surface area contributed by atoms with E-state index in [0.717, 1.165) is 48.4 Å². The third kappa shape index (κ3) is 6.64. The van der Waals surface area contributed by atoms with Crippen LogP contribution in [-0.4, -0.2) is 24.1 Å². The van der Waals surface area contributed by atoms with Gasteiger partial charge in [0.25, 0.3) is 0 Å². The highest BCUT2D eigenvalue weighted by Gasteiger charge is 2.05. The molecule has 0 bridgehead atoms. The first-order valence-electron chi connectivity index (χ1n) is 10.0. The maximum Gasteiger partial charge on any atom is 0.211 e. The minimum absolute atomic E-state index is 0.441. The van der Waals surface area contributed by atoms with E-state index in [1.807, 2.05) is 54.7 Å². The molecule has 6 nitrogen and oxygen atoms in total. The van der Waals surface area contributed by atoms with Crippen LogP contribution in [-0.2, 0) is 0 Å². The lowest BCUT2D eigenvalue weighted by Gasteiger charge is -2.12. The summed E-state index contributed by atoms with van der Waals surface area (Å²) >= 11 is 0. The lowest BCUT2D eigenvalue weighted by atomic mass is 10.1. The molecule has 0 unspecified atom stereocenters. The largest absolute Gasteiger partial charge is 0.493 e. The molecule has 30 heavy (non-hydrogen) atoms. The first-order valence-corrected chi connectivity index (χ1v) is 10.0. The Morgan fingerprint density at radius 3 is 2.50 bits per heavy atom. The number of pyridine rings is 1. The average molecular weight is 399 g/mol. The van der Waals surface area contributed by atoms with Gasteiger partial charge in [-0.25, -0.2) is 0 Å². The zero-order valence-electron chi connectivity index (χ0n) is 16.8. The Labute approximate surface area is 177 Å². The summed E-state index contributed by atoms with van der Waals surface area (Å²) in [4.78, 5) is 7.76. The van der Waals surface area contributed by atoms with Gasteiger partial charge in [0.2, 0.25) is 12.2 Å². The van der Waals surface area contributed by atoms with Crippen molar-refractivity contribution in [1.29, 1.82) is 5.26 Å². The Balaban J connectivity index is 1.38. The fourth-order valence-corrected chi connectivity index (χ4v) is 2.98. The summed E-state index contributed by atoms with van der Waals surface area (Å²) in [7, 11) is 0. The molecule has 0 fully saturated rings. The predicted molar refractivity (Wildman–Crippen MR) is 120 cm³/mol. The molecule has 3 rings (SSSR count). The minimum atomic E-state index is 0.441. The number of aromatic nitrogens is 1. The van der Waals surface area contributed by atoms with Crippen molar-refractivity contribution in [1.82, 2.24) is 10.3 Å². The molecule has 1 heterocycles. The van der Waals surface area contributed by atoms with Gasteiger partial charge in [0.05, 0.1) is 6.61 Å². The number of nitrogens with zero attached hydrogens (tertiary/aromatic N) is 3. The summed E-state index contributed by atoms with van der Waals surface area (Å²) in [6, 6.07) is 22.0. The van der Waals surface area contributed by atoms with Crippen LogP contribution in [0.2, 0.25) is 0 Å². The summed E-state index contributed by atoms with van der Waals surface area (Å²) in [5.74, 6) is 1.35. The van der Waals surface area contributed by atoms with E-state index in [4.69, 9.17) is 10.00 Å². The highest BCUT2D eigenvalue weighted by atomic mass is 16.5. The SMILES string of the molecule is N#CN=C(NCCCCCOc1ccccc1-c1ccccc1)Nc1ccncc1. The molecular weight excluding hydrogens is 374 g/mol. The molecule has 0 aliphatic rings. The van der Waals surface area contributed by atoms with E-state index >= 15 is 0 Å². The number of aliphatic imine (C=N–C) groups is 1. The normalized spacial score (nSPS) is 10.8. The van der Waals surface area contributed by atoms with E-state index in [9.17, 15) is 0 Å². The van der Waals surface area contributed by atoms with Crippen LogP contribution in [0.4, 0.5) is 5.69 Å². The van der Waals surface area contributed by atoms with Gasteiger partial charge in [0.1, 0.15) is 5.75 Å². The van der Waals surface area contributed by atoms with Gasteiger partial charge in [-0.3, -0.25) is 4.98 Å². The summed E-state index contributed by atoms with van der Waals surface area (Å²) in [6.45, 7) is 1.39. The molecule has 3 aromatic rings. The number of anilines is 1. The topological polar surface area (TPSA) is 82.3 Å². The Morgan fingerprint density at radius 2 is 1.70 bits per heavy atom. The van der Waals surface area contributed by atoms with Crippen molar-refractivity contribution in [3.05, 3.63) is 79.1 Å². The van der Waals surface area contributed by atoms with Crippen LogP contribution in [0.3, 0.4) is 0 Å². The summed E-state index contributed by atoms with van der Waals surface area (Å²) in [5.41, 5.74) is 3.10. The molecular formula is C24H25N5O. The Kier molecular flexibility index (Phi) is 8.26. The number of guanidine groups is 1. The van der Waals surface area contributed by atoms with Gasteiger partial charge in [0, 0.05) is 30.2 Å². The predicted octanol–water partition coefficient (Wildman–Crippen LogP) is 4.84. The number of ether oxygens (including phenoxy) is 1. The number of benzene rings is 2. The summed E-state index contributed by atoms with van der Waals surface area (Å²) < 4.78 is 6.03. The quantitative estimate of drug-likeness (QED) is 0.233. The molecule has 0 atom stereocenters. The molecule has 2 aromatic carbocycles. The lowest BCUT2D eigenvalue weighted by molar-refractivity contribution is 0.306. The zero-order chi connectivity index (χ0) is 20.9. The number of nitriles is 1. The molecule has 6 heteroatoms. The van der Waals surface area contributed by atoms with Crippen LogP contribution < -0.4 is 15.4 Å². The molecule has 0 radical (unpaired) electrons. The van der Waals surface area contributed by atoms with E-state index in [1.165, 1.54) is 0 Å². The maximum atomic E-state index is 8.85. The highest BCUT2D eigenvalue weighted by molar-refractivity contribution is 5.94. The molecule has 1 aromatic heterocycles. The van der Waals surface area contributed by atoms with E-state index in [-0.39, 0.29) is 0 Å². The Morgan fingerprint density at radius 1 is 0.933 bits per heavy atom. The lowest BCUT2D eigenvalue weighted by Crippen LogP contribution is -2.31. The van der Waals surface area contributed by atoms with Crippen LogP contribution in [0.1, 0.15) is 19.3 Å². The Bertz CT molecular complexity index is 968. The van der Waals surface area contributed by atoms with E-state index < -0.39 is 0 Å². The van der Waals surface area contributed by atoms with Crippen LogP contribution in [0, 0.1) is 11.5 Å². The second kappa shape index (κ2) is 11.9. The molecule has 152 valence electrons. The van der Waals surface area contributed by atoms with Gasteiger partial charge in [-0.2, -0.15) is 5.26 Å². The first-order chi connectivity index (χ1) is 14.9. The number of nitrogens with one attached hydrogen (secondary N) is 2. The molecule has 0 amide bonds. The first kappa shape index (κ1) is 20.9. The molecule has 2 N–H and O–H groups in total. The fraction of sp³-hybridized carbons (Fsp3) is 0.208. The van der Waals surface area contributed by atoms with E-state index in [0.29, 0.717) is 12.6 Å². The van der Waals surface area contributed by atoms with Crippen molar-refractivity contribution in [2.45, 2.75) is 19.3 Å². The van der Waals surface area contributed by atoms with Crippen LogP contribution in [0.5, 0.6) is 5.75 Å². The van der Waals surface area contributed by atoms with Gasteiger partial charge < -0.3 is 15.4 Å². The van der Waals surface area contributed by atoms with Gasteiger partial charge >= 0.3 is 0 Å². The van der Waals surface area contributed by atoms with Gasteiger partial charge in [-0.05, 0) is 43.0 Å². The summed E-state index contributed by atoms with van der Waals surface area (Å²) in [5, 5.41) is 15.1. The van der Waals surface area contributed by atoms with Gasteiger partial charge in [0.15, 0.2) is 0 Å². The van der Waals surface area contributed by atoms with Crippen molar-refractivity contribution >= 4 is 11.6 Å². The van der Waals surface area contributed by atoms with Crippen molar-refractivity contribution in [2.75, 3.05) is 18.5 Å². The molecule has 0 spiro atoms. The molecule has 0 aliphatic heterocycles. The third-order valence-electron chi connectivity index (χ3n) is 4.45. The molecule has 0 aliphatic carbocycles. The van der Waals surface area contributed by atoms with Crippen molar-refractivity contribution in [3.8, 4) is 23.1 Å². The smallest absolute Gasteiger partial charge is 0.211 e. The van der Waals surface area contributed by atoms with Crippen LogP contribution >= 0.6 is 0 Å². The number of unbranched alkanes of at least 4 members (excludes halogenated alkanes) is 2. The second-order valence-corrected chi connectivity index (χ2v) is 6.62. The summed E-state index contributed by atoms with van der Waals surface area (Å²) in [6.07, 6.45) is 8.09. The number of rotatable bonds is 9. The number of hydrogen-bond acceptors (Lipinski definition) is 4. The number of para-hydroxylation sites is 1. The number of hydrogen-bond donors (Lipinski definition) is 2. The van der Waals surface area contributed by atoms with Gasteiger partial charge in [-0.1, -0.05) is 48.5 Å². The highest BCUT2D eigenvalue weighted by Crippen LogP contribution is 2.29. The molecule has 0 saturated heterocycles. The van der Waals surface area contributed by atoms with Crippen LogP contribution in [0.15, 0.2) is 84.1 Å². The third-order valence-corrected chi connectivity index (χ3v) is 4.45. The Hall–Kier alpha value is -3.85. The van der Waals surface area contributed by atoms with Crippen LogP contribution in [0.25, 0.3) is 11.1 Å². The average Bonchev–Trinajstić information content (AvgIpc) is 2.80. The standard InChI is InChI=1S/C24H25N5O/c25-19-28-24(29-21-13-16-26-17-14-21)27-15-7-2-8-18-30-23-12-6-5-11-22(23)20-9-3-1-4-10-20/h1,3-6,9-14,16-17H,2,7-8,15,18H2,(H2,26,27,28,29). The van der Waals surface area contributed by atoms with Crippen molar-refractivity contribution in [3.63, 3.8) is 0 Å². The minimum Gasteiger partial charge on any atom is -0.493 e. The second-order valence-electron chi connectivity index (χ2n) is 6.62. The van der Waals surface area contributed by atoms with Crippen molar-refractivity contribution in [2.24, 2.45) is 4.99 Å². The van der Waals surface area contributed by atoms with E-state index in [1.54, 1.807) is 12.4 Å². The fourth-order valence-electron chi connectivity index (χ4n) is 2.98. The van der Waals surface area contributed by atoms with Gasteiger partial charge in [-0.15, -0.1) is 4.99 Å². The molecule has 0 saturated carbocycles. The monoisotopic (exact) mass is 399 g/mol. The van der Waals surface area contributed by atoms with E-state index in [2.05, 4.69) is 38.8 Å². The zero-order valence-corrected chi connectivity index (χ0v) is 16.8.